The van der Waals surface area contributed by atoms with Crippen molar-refractivity contribution >= 4 is 24.3 Å². The smallest absolute Gasteiger partial charge is 0.0494 e. The Kier molecular flexibility index (Phi) is 9.34. The number of rotatable bonds is 10. The molecular formula is C46H48N2. The van der Waals surface area contributed by atoms with Crippen LogP contribution < -0.4 is 0 Å². The van der Waals surface area contributed by atoms with Gasteiger partial charge in [-0.3, -0.25) is 0 Å². The van der Waals surface area contributed by atoms with E-state index < -0.39 is 0 Å². The molecule has 0 radical (unpaired) electrons. The predicted molar refractivity (Wildman–Crippen MR) is 207 cm³/mol. The molecule has 0 saturated heterocycles. The van der Waals surface area contributed by atoms with Gasteiger partial charge in [0.1, 0.15) is 0 Å². The van der Waals surface area contributed by atoms with E-state index in [1.165, 1.54) is 67.5 Å². The molecular weight excluding hydrogens is 581 g/mol. The summed E-state index contributed by atoms with van der Waals surface area (Å²) in [4.78, 5) is 0. The maximum absolute atomic E-state index is 2.48. The van der Waals surface area contributed by atoms with Gasteiger partial charge in [0.15, 0.2) is 0 Å². The summed E-state index contributed by atoms with van der Waals surface area (Å²) in [7, 11) is 0. The number of hydrogen-bond donors (Lipinski definition) is 0. The van der Waals surface area contributed by atoms with Crippen molar-refractivity contribution in [1.82, 2.24) is 9.13 Å². The number of aromatic nitrogens is 2. The lowest BCUT2D eigenvalue weighted by Crippen LogP contribution is -2.02. The average molecular weight is 629 g/mol. The zero-order chi connectivity index (χ0) is 33.0. The molecule has 0 atom stereocenters. The summed E-state index contributed by atoms with van der Waals surface area (Å²) in [5.74, 6) is 0. The van der Waals surface area contributed by atoms with Crippen LogP contribution >= 0.6 is 0 Å². The molecule has 0 spiro atoms. The van der Waals surface area contributed by atoms with E-state index in [0.717, 1.165) is 51.4 Å². The lowest BCUT2D eigenvalue weighted by molar-refractivity contribution is 0.922. The molecule has 48 heavy (non-hydrogen) atoms. The Hall–Kier alpha value is -4.82. The van der Waals surface area contributed by atoms with Crippen LogP contribution in [0, 0.1) is 0 Å². The molecule has 0 aliphatic heterocycles. The van der Waals surface area contributed by atoms with Gasteiger partial charge in [0.05, 0.1) is 0 Å². The van der Waals surface area contributed by atoms with Gasteiger partial charge in [-0.05, 0) is 151 Å². The molecule has 242 valence electrons. The maximum atomic E-state index is 2.48. The Labute approximate surface area is 287 Å². The lowest BCUT2D eigenvalue weighted by atomic mass is 9.94. The van der Waals surface area contributed by atoms with Crippen molar-refractivity contribution in [3.8, 4) is 22.5 Å². The third kappa shape index (κ3) is 5.90. The Bertz CT molecular complexity index is 1980. The van der Waals surface area contributed by atoms with Gasteiger partial charge < -0.3 is 9.13 Å². The zero-order valence-electron chi connectivity index (χ0n) is 29.1. The maximum Gasteiger partial charge on any atom is 0.0494 e. The van der Waals surface area contributed by atoms with Crippen LogP contribution in [0.4, 0.5) is 0 Å². The van der Waals surface area contributed by atoms with E-state index in [0.29, 0.717) is 0 Å². The number of fused-ring (bicyclic) bond motifs is 3. The molecule has 0 saturated carbocycles. The first-order chi connectivity index (χ1) is 23.6. The van der Waals surface area contributed by atoms with Crippen LogP contribution in [-0.4, -0.2) is 9.13 Å². The van der Waals surface area contributed by atoms with Crippen molar-refractivity contribution in [2.24, 2.45) is 0 Å². The van der Waals surface area contributed by atoms with Gasteiger partial charge in [0, 0.05) is 34.2 Å². The molecule has 2 heteroatoms. The molecule has 5 aromatic rings. The Morgan fingerprint density at radius 3 is 1.58 bits per heavy atom. The number of benzene rings is 3. The molecule has 2 nitrogen and oxygen atoms in total. The normalized spacial score (nSPS) is 13.9. The largest absolute Gasteiger partial charge is 0.310 e. The van der Waals surface area contributed by atoms with Crippen molar-refractivity contribution in [3.05, 3.63) is 153 Å². The summed E-state index contributed by atoms with van der Waals surface area (Å²) in [6.45, 7) is 8.87. The molecule has 0 unspecified atom stereocenters. The lowest BCUT2D eigenvalue weighted by Gasteiger charge is -2.14. The van der Waals surface area contributed by atoms with E-state index in [4.69, 9.17) is 0 Å². The van der Waals surface area contributed by atoms with Crippen molar-refractivity contribution in [2.75, 3.05) is 0 Å². The van der Waals surface area contributed by atoms with Gasteiger partial charge in [0.25, 0.3) is 0 Å². The molecule has 2 aromatic heterocycles. The van der Waals surface area contributed by atoms with Crippen molar-refractivity contribution in [2.45, 2.75) is 79.1 Å². The monoisotopic (exact) mass is 628 g/mol. The fraction of sp³-hybridized carbons (Fsp3) is 0.261. The topological polar surface area (TPSA) is 9.86 Å². The number of hydrogen-bond acceptors (Lipinski definition) is 0. The minimum absolute atomic E-state index is 0.927. The SMILES string of the molecule is C/C=C\c1c(CC)c(CC)c(/C=C\CC)n1-c1ccc(-c2ccc(Cc3ccc(-n4c5c(c6c4C=CCC6)CCC=C5)cc3)cc2)cc1. The van der Waals surface area contributed by atoms with Crippen LogP contribution in [0.3, 0.4) is 0 Å². The molecule has 2 aliphatic rings. The number of allylic oxidation sites excluding steroid dienone is 4. The summed E-state index contributed by atoms with van der Waals surface area (Å²) in [6, 6.07) is 27.5. The predicted octanol–water partition coefficient (Wildman–Crippen LogP) is 12.0. The first-order valence-corrected chi connectivity index (χ1v) is 18.1. The zero-order valence-corrected chi connectivity index (χ0v) is 29.1. The quantitative estimate of drug-likeness (QED) is 0.146. The first-order valence-electron chi connectivity index (χ1n) is 18.1. The average Bonchev–Trinajstić information content (AvgIpc) is 3.63. The van der Waals surface area contributed by atoms with Gasteiger partial charge in [-0.25, -0.2) is 0 Å². The molecule has 2 aliphatic carbocycles. The van der Waals surface area contributed by atoms with Crippen LogP contribution in [0.2, 0.25) is 0 Å². The molecule has 7 rings (SSSR count). The molecule has 0 bridgehead atoms. The fourth-order valence-electron chi connectivity index (χ4n) is 7.87. The van der Waals surface area contributed by atoms with Gasteiger partial charge in [0.2, 0.25) is 0 Å². The Morgan fingerprint density at radius 1 is 0.583 bits per heavy atom. The Balaban J connectivity index is 1.11. The van der Waals surface area contributed by atoms with E-state index >= 15 is 0 Å². The summed E-state index contributed by atoms with van der Waals surface area (Å²) < 4.78 is 4.93. The minimum Gasteiger partial charge on any atom is -0.310 e. The van der Waals surface area contributed by atoms with Crippen LogP contribution in [0.15, 0.2) is 97.1 Å². The summed E-state index contributed by atoms with van der Waals surface area (Å²) in [5.41, 5.74) is 19.1. The van der Waals surface area contributed by atoms with Gasteiger partial charge >= 0.3 is 0 Å². The van der Waals surface area contributed by atoms with E-state index in [9.17, 15) is 0 Å². The van der Waals surface area contributed by atoms with E-state index in [1.54, 1.807) is 11.1 Å². The molecule has 3 aromatic carbocycles. The second-order valence-electron chi connectivity index (χ2n) is 13.1. The van der Waals surface area contributed by atoms with Gasteiger partial charge in [-0.1, -0.05) is 93.6 Å². The van der Waals surface area contributed by atoms with Crippen LogP contribution in [-0.2, 0) is 32.1 Å². The van der Waals surface area contributed by atoms with Crippen LogP contribution in [0.25, 0.3) is 46.8 Å². The van der Waals surface area contributed by atoms with Crippen LogP contribution in [0.5, 0.6) is 0 Å². The standard InChI is InChI=1S/C46H48N2/c1-5-9-17-44-40(8-4)39(7-3)43(14-6-2)47(44)38-30-26-36(27-31-38)35-24-20-33(21-25-35)32-34-22-28-37(29-23-34)48-45-18-12-10-15-41(45)42-16-11-13-19-46(42)48/h6,9,12-14,17-31H,5,7-8,10-11,15-16,32H2,1-4H3/b14-6-,17-9-. The van der Waals surface area contributed by atoms with Crippen molar-refractivity contribution < 1.29 is 0 Å². The van der Waals surface area contributed by atoms with Gasteiger partial charge in [-0.2, -0.15) is 0 Å². The minimum atomic E-state index is 0.927. The van der Waals surface area contributed by atoms with Crippen molar-refractivity contribution in [3.63, 3.8) is 0 Å². The highest BCUT2D eigenvalue weighted by Crippen LogP contribution is 2.36. The van der Waals surface area contributed by atoms with E-state index in [1.807, 2.05) is 0 Å². The molecule has 0 amide bonds. The number of nitrogens with zero attached hydrogens (tertiary/aromatic N) is 2. The highest BCUT2D eigenvalue weighted by molar-refractivity contribution is 5.71. The second kappa shape index (κ2) is 14.1. The highest BCUT2D eigenvalue weighted by Gasteiger charge is 2.23. The third-order valence-electron chi connectivity index (χ3n) is 10.2. The van der Waals surface area contributed by atoms with E-state index in [2.05, 4.69) is 158 Å². The summed E-state index contributed by atoms with van der Waals surface area (Å²) in [6.07, 6.45) is 27.0. The summed E-state index contributed by atoms with van der Waals surface area (Å²) >= 11 is 0. The van der Waals surface area contributed by atoms with Crippen molar-refractivity contribution in [1.29, 1.82) is 0 Å². The molecule has 0 N–H and O–H groups in total. The highest BCUT2D eigenvalue weighted by atomic mass is 15.0. The molecule has 0 fully saturated rings. The second-order valence-corrected chi connectivity index (χ2v) is 13.1. The van der Waals surface area contributed by atoms with Gasteiger partial charge in [-0.15, -0.1) is 0 Å². The first kappa shape index (κ1) is 31.8. The third-order valence-corrected chi connectivity index (χ3v) is 10.2. The fourth-order valence-corrected chi connectivity index (χ4v) is 7.87. The molecule has 2 heterocycles. The van der Waals surface area contributed by atoms with E-state index in [-0.39, 0.29) is 0 Å². The van der Waals surface area contributed by atoms with Crippen LogP contribution in [0.1, 0.15) is 103 Å². The summed E-state index contributed by atoms with van der Waals surface area (Å²) in [5, 5.41) is 0. The Morgan fingerprint density at radius 2 is 1.06 bits per heavy atom.